The van der Waals surface area contributed by atoms with Crippen LogP contribution in [-0.2, 0) is 4.74 Å². The summed E-state index contributed by atoms with van der Waals surface area (Å²) in [5, 5.41) is 3.33. The van der Waals surface area contributed by atoms with Crippen LogP contribution in [0, 0.1) is 0 Å². The van der Waals surface area contributed by atoms with Gasteiger partial charge in [0, 0.05) is 13.1 Å². The van der Waals surface area contributed by atoms with Gasteiger partial charge in [0.25, 0.3) is 0 Å². The zero-order chi connectivity index (χ0) is 10.9. The quantitative estimate of drug-likeness (QED) is 0.717. The molecule has 0 aromatic rings. The van der Waals surface area contributed by atoms with Crippen LogP contribution in [0.4, 0.5) is 0 Å². The molecule has 0 aromatic carbocycles. The molecule has 0 aromatic heterocycles. The van der Waals surface area contributed by atoms with Gasteiger partial charge in [0.15, 0.2) is 0 Å². The van der Waals surface area contributed by atoms with E-state index in [1.165, 1.54) is 24.8 Å². The number of allylic oxidation sites excluding steroid dienone is 2. The van der Waals surface area contributed by atoms with Gasteiger partial charge >= 0.3 is 0 Å². The van der Waals surface area contributed by atoms with Gasteiger partial charge in [-0.05, 0) is 18.4 Å². The molecule has 0 radical (unpaired) electrons. The van der Waals surface area contributed by atoms with E-state index in [4.69, 9.17) is 4.74 Å². The van der Waals surface area contributed by atoms with Crippen LogP contribution >= 0.6 is 0 Å². The first-order chi connectivity index (χ1) is 7.38. The van der Waals surface area contributed by atoms with Crippen molar-refractivity contribution in [2.24, 2.45) is 0 Å². The molecule has 2 heteroatoms. The van der Waals surface area contributed by atoms with Crippen molar-refractivity contribution >= 4 is 0 Å². The Hall–Kier alpha value is -0.600. The van der Waals surface area contributed by atoms with Gasteiger partial charge in [-0.25, -0.2) is 0 Å². The number of hydrogen-bond acceptors (Lipinski definition) is 2. The molecule has 2 aliphatic rings. The first-order valence-electron chi connectivity index (χ1n) is 6.07. The molecule has 0 amide bonds. The Bertz CT molecular complexity index is 215. The van der Waals surface area contributed by atoms with Crippen molar-refractivity contribution in [2.45, 2.75) is 39.2 Å². The molecule has 0 saturated carbocycles. The molecular weight excluding hydrogens is 186 g/mol. The molecular formula is C13H23NO. The third-order valence-electron chi connectivity index (χ3n) is 2.32. The first-order valence-corrected chi connectivity index (χ1v) is 6.07. The van der Waals surface area contributed by atoms with Crippen molar-refractivity contribution in [3.05, 3.63) is 23.8 Å². The van der Waals surface area contributed by atoms with E-state index in [2.05, 4.69) is 37.4 Å². The molecule has 1 aliphatic carbocycles. The van der Waals surface area contributed by atoms with Gasteiger partial charge in [0.2, 0.25) is 0 Å². The summed E-state index contributed by atoms with van der Waals surface area (Å²) in [6, 6.07) is 0. The van der Waals surface area contributed by atoms with Gasteiger partial charge in [-0.15, -0.1) is 0 Å². The third-order valence-corrected chi connectivity index (χ3v) is 2.32. The van der Waals surface area contributed by atoms with Gasteiger partial charge in [-0.3, -0.25) is 0 Å². The van der Waals surface area contributed by atoms with E-state index in [1.54, 1.807) is 0 Å². The van der Waals surface area contributed by atoms with E-state index in [0.717, 1.165) is 19.7 Å². The van der Waals surface area contributed by atoms with Gasteiger partial charge < -0.3 is 10.1 Å². The number of hydrogen-bond donors (Lipinski definition) is 1. The number of rotatable bonds is 1. The van der Waals surface area contributed by atoms with Crippen molar-refractivity contribution in [1.82, 2.24) is 5.32 Å². The lowest BCUT2D eigenvalue weighted by Crippen LogP contribution is -2.39. The standard InChI is InChI=1S/C10H15NO.C3H8/c1-2-4-9(5-3-1)10-8-11-6-7-12-10;1-3-2/h2,4-5,10-11H,1,3,6-8H2;3H2,1-2H3/t10-;/m0./s1. The molecule has 0 spiro atoms. The van der Waals surface area contributed by atoms with Crippen molar-refractivity contribution in [3.8, 4) is 0 Å². The average Bonchev–Trinajstić information content (AvgIpc) is 2.32. The fourth-order valence-corrected chi connectivity index (χ4v) is 1.65. The summed E-state index contributed by atoms with van der Waals surface area (Å²) >= 11 is 0. The Balaban J connectivity index is 0.000000337. The number of nitrogens with one attached hydrogen (secondary N) is 1. The molecule has 86 valence electrons. The maximum Gasteiger partial charge on any atom is 0.0946 e. The van der Waals surface area contributed by atoms with Crippen LogP contribution in [0.1, 0.15) is 33.1 Å². The molecule has 1 heterocycles. The normalized spacial score (nSPS) is 25.2. The summed E-state index contributed by atoms with van der Waals surface area (Å²) in [5.41, 5.74) is 1.36. The Morgan fingerprint density at radius 2 is 2.20 bits per heavy atom. The topological polar surface area (TPSA) is 21.3 Å². The molecule has 15 heavy (non-hydrogen) atoms. The van der Waals surface area contributed by atoms with Gasteiger partial charge in [-0.1, -0.05) is 38.5 Å². The summed E-state index contributed by atoms with van der Waals surface area (Å²) in [6.07, 6.45) is 10.6. The van der Waals surface area contributed by atoms with Gasteiger partial charge in [-0.2, -0.15) is 0 Å². The van der Waals surface area contributed by atoms with E-state index in [0.29, 0.717) is 6.10 Å². The zero-order valence-corrected chi connectivity index (χ0v) is 9.96. The second-order valence-corrected chi connectivity index (χ2v) is 3.95. The van der Waals surface area contributed by atoms with Crippen LogP contribution in [0.2, 0.25) is 0 Å². The molecule has 1 atom stereocenters. The van der Waals surface area contributed by atoms with Crippen LogP contribution in [0.5, 0.6) is 0 Å². The first kappa shape index (κ1) is 12.5. The van der Waals surface area contributed by atoms with Gasteiger partial charge in [0.05, 0.1) is 12.7 Å². The zero-order valence-electron chi connectivity index (χ0n) is 9.96. The summed E-state index contributed by atoms with van der Waals surface area (Å²) in [4.78, 5) is 0. The van der Waals surface area contributed by atoms with E-state index < -0.39 is 0 Å². The van der Waals surface area contributed by atoms with Crippen LogP contribution < -0.4 is 5.32 Å². The lowest BCUT2D eigenvalue weighted by molar-refractivity contribution is 0.0536. The van der Waals surface area contributed by atoms with Crippen molar-refractivity contribution in [2.75, 3.05) is 19.7 Å². The minimum Gasteiger partial charge on any atom is -0.371 e. The summed E-state index contributed by atoms with van der Waals surface area (Å²) in [6.45, 7) is 7.06. The highest BCUT2D eigenvalue weighted by molar-refractivity contribution is 5.26. The molecule has 1 aliphatic heterocycles. The molecule has 1 fully saturated rings. The maximum absolute atomic E-state index is 5.64. The van der Waals surface area contributed by atoms with Crippen molar-refractivity contribution in [1.29, 1.82) is 0 Å². The maximum atomic E-state index is 5.64. The minimum atomic E-state index is 0.301. The minimum absolute atomic E-state index is 0.301. The Labute approximate surface area is 93.4 Å². The lowest BCUT2D eigenvalue weighted by Gasteiger charge is -2.25. The van der Waals surface area contributed by atoms with Crippen LogP contribution in [0.3, 0.4) is 0 Å². The SMILES string of the molecule is C1=CC([C@@H]2CNCCO2)=CCC1.CCC. The number of ether oxygens (including phenoxy) is 1. The predicted octanol–water partition coefficient (Wildman–Crippen LogP) is 2.67. The average molecular weight is 209 g/mol. The molecule has 0 bridgehead atoms. The smallest absolute Gasteiger partial charge is 0.0946 e. The van der Waals surface area contributed by atoms with E-state index in [9.17, 15) is 0 Å². The monoisotopic (exact) mass is 209 g/mol. The van der Waals surface area contributed by atoms with E-state index in [-0.39, 0.29) is 0 Å². The second kappa shape index (κ2) is 7.66. The molecule has 0 unspecified atom stereocenters. The molecule has 2 nitrogen and oxygen atoms in total. The molecule has 1 N–H and O–H groups in total. The third kappa shape index (κ3) is 4.63. The highest BCUT2D eigenvalue weighted by Crippen LogP contribution is 2.16. The lowest BCUT2D eigenvalue weighted by atomic mass is 10.0. The second-order valence-electron chi connectivity index (χ2n) is 3.95. The highest BCUT2D eigenvalue weighted by Gasteiger charge is 2.16. The fraction of sp³-hybridized carbons (Fsp3) is 0.692. The Morgan fingerprint density at radius 3 is 2.73 bits per heavy atom. The molecule has 2 rings (SSSR count). The molecule has 1 saturated heterocycles. The van der Waals surface area contributed by atoms with Crippen molar-refractivity contribution < 1.29 is 4.74 Å². The van der Waals surface area contributed by atoms with Crippen LogP contribution in [0.25, 0.3) is 0 Å². The summed E-state index contributed by atoms with van der Waals surface area (Å²) < 4.78 is 5.64. The fourth-order valence-electron chi connectivity index (χ4n) is 1.65. The van der Waals surface area contributed by atoms with Crippen LogP contribution in [0.15, 0.2) is 23.8 Å². The van der Waals surface area contributed by atoms with Gasteiger partial charge in [0.1, 0.15) is 0 Å². The van der Waals surface area contributed by atoms with E-state index >= 15 is 0 Å². The predicted molar refractivity (Wildman–Crippen MR) is 65.0 cm³/mol. The Kier molecular flexibility index (Phi) is 6.37. The van der Waals surface area contributed by atoms with Crippen LogP contribution in [-0.4, -0.2) is 25.8 Å². The Morgan fingerprint density at radius 1 is 1.40 bits per heavy atom. The largest absolute Gasteiger partial charge is 0.371 e. The summed E-state index contributed by atoms with van der Waals surface area (Å²) in [7, 11) is 0. The highest BCUT2D eigenvalue weighted by atomic mass is 16.5. The summed E-state index contributed by atoms with van der Waals surface area (Å²) in [5.74, 6) is 0. The number of morpholine rings is 1. The van der Waals surface area contributed by atoms with E-state index in [1.807, 2.05) is 0 Å². The van der Waals surface area contributed by atoms with Crippen molar-refractivity contribution in [3.63, 3.8) is 0 Å².